The summed E-state index contributed by atoms with van der Waals surface area (Å²) in [5, 5.41) is 13.3. The van der Waals surface area contributed by atoms with E-state index in [0.29, 0.717) is 16.3 Å². The van der Waals surface area contributed by atoms with Crippen molar-refractivity contribution in [2.45, 2.75) is 44.3 Å². The van der Waals surface area contributed by atoms with Gasteiger partial charge in [-0.25, -0.2) is 4.79 Å². The number of amides is 1. The molecular weight excluding hydrogens is 516 g/mol. The zero-order chi connectivity index (χ0) is 27.5. The summed E-state index contributed by atoms with van der Waals surface area (Å²) < 4.78 is 84.3. The van der Waals surface area contributed by atoms with Gasteiger partial charge in [0.15, 0.2) is 0 Å². The Balaban J connectivity index is 1.39. The Hall–Kier alpha value is -3.76. The van der Waals surface area contributed by atoms with E-state index in [2.05, 4.69) is 5.32 Å². The second-order valence-corrected chi connectivity index (χ2v) is 10.1. The standard InChI is InChI=1S/C27H21F6NO4/c28-26(29,30)17-8-5-15(6-9-17)11-38-20-18-4-2-1-3-16(18)7-10-19(20)22(35)34-21(23(36)37)24-12-25(13-24,14-24)27(31,32)33/h1-10,21H,11-14H2,(H,34,35)(H,36,37)/t21-,24?,25?/m1/s1. The zero-order valence-corrected chi connectivity index (χ0v) is 19.6. The number of carbonyl (C=O) groups is 2. The second kappa shape index (κ2) is 8.64. The Morgan fingerprint density at radius 2 is 1.55 bits per heavy atom. The van der Waals surface area contributed by atoms with Gasteiger partial charge in [0, 0.05) is 10.8 Å². The Kier molecular flexibility index (Phi) is 5.88. The summed E-state index contributed by atoms with van der Waals surface area (Å²) in [6.45, 7) is -0.188. The Morgan fingerprint density at radius 1 is 0.921 bits per heavy atom. The van der Waals surface area contributed by atoms with E-state index in [1.807, 2.05) is 0 Å². The monoisotopic (exact) mass is 537 g/mol. The Morgan fingerprint density at radius 3 is 2.13 bits per heavy atom. The van der Waals surface area contributed by atoms with Crippen molar-refractivity contribution in [3.8, 4) is 5.75 Å². The molecule has 3 aromatic rings. The first-order valence-corrected chi connectivity index (χ1v) is 11.7. The molecule has 3 aromatic carbocycles. The number of nitrogens with one attached hydrogen (secondary N) is 1. The first kappa shape index (κ1) is 25.9. The lowest BCUT2D eigenvalue weighted by molar-refractivity contribution is -0.367. The molecule has 11 heteroatoms. The minimum atomic E-state index is -4.50. The number of carboxylic acid groups (broad SMARTS) is 1. The van der Waals surface area contributed by atoms with Crippen LogP contribution in [-0.2, 0) is 17.6 Å². The first-order valence-electron chi connectivity index (χ1n) is 11.7. The fourth-order valence-corrected chi connectivity index (χ4v) is 5.68. The van der Waals surface area contributed by atoms with Gasteiger partial charge in [0.1, 0.15) is 18.4 Å². The summed E-state index contributed by atoms with van der Waals surface area (Å²) in [6, 6.07) is 12.7. The van der Waals surface area contributed by atoms with E-state index >= 15 is 0 Å². The number of carbonyl (C=O) groups excluding carboxylic acids is 1. The van der Waals surface area contributed by atoms with Gasteiger partial charge >= 0.3 is 18.3 Å². The molecule has 1 amide bonds. The van der Waals surface area contributed by atoms with Crippen molar-refractivity contribution in [1.29, 1.82) is 0 Å². The fourth-order valence-electron chi connectivity index (χ4n) is 5.68. The summed E-state index contributed by atoms with van der Waals surface area (Å²) in [4.78, 5) is 25.3. The maximum Gasteiger partial charge on any atom is 0.416 e. The van der Waals surface area contributed by atoms with Gasteiger partial charge in [-0.2, -0.15) is 26.3 Å². The molecule has 3 saturated carbocycles. The van der Waals surface area contributed by atoms with Crippen molar-refractivity contribution >= 4 is 22.6 Å². The van der Waals surface area contributed by atoms with E-state index in [1.165, 1.54) is 18.2 Å². The zero-order valence-electron chi connectivity index (χ0n) is 19.6. The number of fused-ring (bicyclic) bond motifs is 1. The molecule has 0 spiro atoms. The minimum absolute atomic E-state index is 0.0426. The van der Waals surface area contributed by atoms with Crippen LogP contribution in [0.25, 0.3) is 10.8 Å². The first-order chi connectivity index (χ1) is 17.7. The number of carboxylic acids is 1. The van der Waals surface area contributed by atoms with Crippen molar-refractivity contribution < 1.29 is 45.8 Å². The van der Waals surface area contributed by atoms with Crippen molar-refractivity contribution in [2.75, 3.05) is 0 Å². The molecule has 0 aromatic heterocycles. The summed E-state index contributed by atoms with van der Waals surface area (Å²) in [6.07, 6.45) is -10.0. The van der Waals surface area contributed by atoms with Gasteiger partial charge < -0.3 is 15.2 Å². The van der Waals surface area contributed by atoms with Gasteiger partial charge in [-0.15, -0.1) is 0 Å². The largest absolute Gasteiger partial charge is 0.487 e. The fraction of sp³-hybridized carbons (Fsp3) is 0.333. The molecule has 3 aliphatic rings. The highest BCUT2D eigenvalue weighted by molar-refractivity contribution is 6.05. The number of ether oxygens (including phenoxy) is 1. The number of aliphatic carboxylic acids is 1. The Bertz CT molecular complexity index is 1390. The molecule has 0 saturated heterocycles. The molecule has 6 rings (SSSR count). The van der Waals surface area contributed by atoms with Gasteiger partial charge in [-0.3, -0.25) is 4.79 Å². The second-order valence-electron chi connectivity index (χ2n) is 10.1. The third-order valence-corrected chi connectivity index (χ3v) is 7.60. The molecule has 3 fully saturated rings. The van der Waals surface area contributed by atoms with E-state index in [4.69, 9.17) is 4.74 Å². The van der Waals surface area contributed by atoms with Crippen LogP contribution in [0, 0.1) is 10.8 Å². The highest BCUT2D eigenvalue weighted by Crippen LogP contribution is 2.79. The predicted octanol–water partition coefficient (Wildman–Crippen LogP) is 6.35. The van der Waals surface area contributed by atoms with Crippen LogP contribution in [0.15, 0.2) is 60.7 Å². The van der Waals surface area contributed by atoms with Gasteiger partial charge in [-0.05, 0) is 48.4 Å². The van der Waals surface area contributed by atoms with Crippen LogP contribution >= 0.6 is 0 Å². The highest BCUT2D eigenvalue weighted by Gasteiger charge is 2.81. The lowest BCUT2D eigenvalue weighted by atomic mass is 9.33. The molecule has 200 valence electrons. The Labute approximate surface area is 212 Å². The van der Waals surface area contributed by atoms with Gasteiger partial charge in [0.25, 0.3) is 5.91 Å². The van der Waals surface area contributed by atoms with Crippen LogP contribution in [0.3, 0.4) is 0 Å². The summed E-state index contributed by atoms with van der Waals surface area (Å²) in [5.41, 5.74) is -3.53. The average Bonchev–Trinajstić information content (AvgIpc) is 2.78. The van der Waals surface area contributed by atoms with Crippen LogP contribution in [-0.4, -0.2) is 29.2 Å². The van der Waals surface area contributed by atoms with E-state index < -0.39 is 46.7 Å². The van der Waals surface area contributed by atoms with E-state index in [-0.39, 0.29) is 37.2 Å². The van der Waals surface area contributed by atoms with Crippen LogP contribution in [0.5, 0.6) is 5.75 Å². The van der Waals surface area contributed by atoms with Crippen LogP contribution in [0.1, 0.15) is 40.7 Å². The van der Waals surface area contributed by atoms with Crippen molar-refractivity contribution in [3.63, 3.8) is 0 Å². The lowest BCUT2D eigenvalue weighted by Gasteiger charge is -2.72. The molecule has 38 heavy (non-hydrogen) atoms. The average molecular weight is 537 g/mol. The van der Waals surface area contributed by atoms with Gasteiger partial charge in [0.05, 0.1) is 16.5 Å². The molecule has 0 aliphatic heterocycles. The smallest absolute Gasteiger partial charge is 0.416 e. The van der Waals surface area contributed by atoms with E-state index in [9.17, 15) is 41.0 Å². The third kappa shape index (κ3) is 4.23. The van der Waals surface area contributed by atoms with E-state index in [0.717, 1.165) is 12.1 Å². The number of hydrogen-bond donors (Lipinski definition) is 2. The normalized spacial score (nSPS) is 23.2. The summed E-state index contributed by atoms with van der Waals surface area (Å²) in [5.74, 6) is -2.19. The number of alkyl halides is 6. The molecule has 0 heterocycles. The number of rotatable bonds is 7. The van der Waals surface area contributed by atoms with Crippen molar-refractivity contribution in [2.24, 2.45) is 10.8 Å². The molecule has 5 nitrogen and oxygen atoms in total. The molecule has 2 N–H and O–H groups in total. The molecule has 2 bridgehead atoms. The minimum Gasteiger partial charge on any atom is -0.487 e. The molecule has 3 aliphatic carbocycles. The number of hydrogen-bond acceptors (Lipinski definition) is 3. The molecular formula is C27H21F6NO4. The van der Waals surface area contributed by atoms with E-state index in [1.54, 1.807) is 30.3 Å². The van der Waals surface area contributed by atoms with Crippen molar-refractivity contribution in [1.82, 2.24) is 5.32 Å². The number of benzene rings is 3. The highest BCUT2D eigenvalue weighted by atomic mass is 19.4. The SMILES string of the molecule is O=C(N[C@H](C(=O)O)C12CC(C(F)(F)F)(C1)C2)c1ccc2ccccc2c1OCc1ccc(C(F)(F)F)cc1. The maximum atomic E-state index is 13.3. The topological polar surface area (TPSA) is 75.6 Å². The third-order valence-electron chi connectivity index (χ3n) is 7.60. The predicted molar refractivity (Wildman–Crippen MR) is 123 cm³/mol. The molecule has 1 atom stereocenters. The summed E-state index contributed by atoms with van der Waals surface area (Å²) in [7, 11) is 0. The van der Waals surface area contributed by atoms with Crippen molar-refractivity contribution in [3.05, 3.63) is 77.4 Å². The van der Waals surface area contributed by atoms with Crippen LogP contribution < -0.4 is 10.1 Å². The molecule has 0 unspecified atom stereocenters. The van der Waals surface area contributed by atoms with Gasteiger partial charge in [0.2, 0.25) is 0 Å². The number of halogens is 6. The maximum absolute atomic E-state index is 13.3. The molecule has 0 radical (unpaired) electrons. The lowest BCUT2D eigenvalue weighted by Crippen LogP contribution is -2.75. The van der Waals surface area contributed by atoms with Gasteiger partial charge in [-0.1, -0.05) is 42.5 Å². The summed E-state index contributed by atoms with van der Waals surface area (Å²) >= 11 is 0. The van der Waals surface area contributed by atoms with Crippen LogP contribution in [0.4, 0.5) is 26.3 Å². The quantitative estimate of drug-likeness (QED) is 0.345. The van der Waals surface area contributed by atoms with Crippen LogP contribution in [0.2, 0.25) is 0 Å².